The number of unbranched alkanes of at least 4 members (excludes halogenated alkanes) is 1. The average molecular weight is 436 g/mol. The van der Waals surface area contributed by atoms with E-state index >= 15 is 0 Å². The highest BCUT2D eigenvalue weighted by Gasteiger charge is 2.33. The lowest BCUT2D eigenvalue weighted by Gasteiger charge is -2.34. The molecule has 1 aromatic carbocycles. The molecule has 1 aromatic rings. The van der Waals surface area contributed by atoms with Crippen molar-refractivity contribution in [1.29, 1.82) is 0 Å². The largest absolute Gasteiger partial charge is 0.353 e. The van der Waals surface area contributed by atoms with Gasteiger partial charge in [0.15, 0.2) is 0 Å². The topological polar surface area (TPSA) is 69.7 Å². The van der Waals surface area contributed by atoms with Gasteiger partial charge in [0.2, 0.25) is 15.9 Å². The van der Waals surface area contributed by atoms with Crippen LogP contribution < -0.4 is 5.32 Å². The third-order valence-corrected chi connectivity index (χ3v) is 8.60. The number of aryl methyl sites for hydroxylation is 2. The normalized spacial score (nSPS) is 20.4. The van der Waals surface area contributed by atoms with Crippen LogP contribution in [0.3, 0.4) is 0 Å². The summed E-state index contributed by atoms with van der Waals surface area (Å²) in [5.74, 6) is 0.0135. The van der Waals surface area contributed by atoms with Gasteiger partial charge in [0.1, 0.15) is 0 Å². The lowest BCUT2D eigenvalue weighted by molar-refractivity contribution is -0.127. The van der Waals surface area contributed by atoms with Crippen LogP contribution in [0.15, 0.2) is 23.1 Å². The zero-order valence-electron chi connectivity index (χ0n) is 18.7. The van der Waals surface area contributed by atoms with E-state index in [4.69, 9.17) is 0 Å². The third-order valence-electron chi connectivity index (χ3n) is 6.70. The summed E-state index contributed by atoms with van der Waals surface area (Å²) in [5.41, 5.74) is 2.06. The highest BCUT2D eigenvalue weighted by Crippen LogP contribution is 2.25. The van der Waals surface area contributed by atoms with Crippen molar-refractivity contribution in [3.8, 4) is 0 Å². The number of likely N-dealkylation sites (tertiary alicyclic amines) is 1. The van der Waals surface area contributed by atoms with Crippen molar-refractivity contribution in [2.45, 2.75) is 70.2 Å². The van der Waals surface area contributed by atoms with Gasteiger partial charge in [-0.3, -0.25) is 4.79 Å². The molecule has 6 nitrogen and oxygen atoms in total. The Bertz CT molecular complexity index is 824. The number of piperidine rings is 2. The lowest BCUT2D eigenvalue weighted by atomic mass is 9.96. The van der Waals surface area contributed by atoms with Gasteiger partial charge in [-0.15, -0.1) is 0 Å². The van der Waals surface area contributed by atoms with E-state index in [9.17, 15) is 13.2 Å². The number of rotatable bonds is 7. The van der Waals surface area contributed by atoms with Crippen molar-refractivity contribution in [3.05, 3.63) is 29.3 Å². The van der Waals surface area contributed by atoms with E-state index in [1.165, 1.54) is 17.1 Å². The van der Waals surface area contributed by atoms with Crippen molar-refractivity contribution in [2.24, 2.45) is 5.92 Å². The molecule has 0 bridgehead atoms. The van der Waals surface area contributed by atoms with Crippen molar-refractivity contribution in [2.75, 3.05) is 32.7 Å². The molecule has 3 rings (SSSR count). The molecule has 0 saturated carbocycles. The number of carbonyl (C=O) groups is 1. The van der Waals surface area contributed by atoms with Crippen LogP contribution in [0.1, 0.15) is 56.6 Å². The first-order valence-corrected chi connectivity index (χ1v) is 12.9. The Morgan fingerprint density at radius 3 is 2.30 bits per heavy atom. The molecular formula is C23H37N3O3S. The highest BCUT2D eigenvalue weighted by atomic mass is 32.2. The number of nitrogens with zero attached hydrogens (tertiary/aromatic N) is 2. The predicted molar refractivity (Wildman–Crippen MR) is 120 cm³/mol. The quantitative estimate of drug-likeness (QED) is 0.715. The molecule has 2 fully saturated rings. The molecule has 0 aliphatic carbocycles. The Morgan fingerprint density at radius 2 is 1.70 bits per heavy atom. The van der Waals surface area contributed by atoms with Crippen LogP contribution in [-0.2, 0) is 14.8 Å². The molecule has 0 unspecified atom stereocenters. The Kier molecular flexibility index (Phi) is 7.93. The fraction of sp³-hybridized carbons (Fsp3) is 0.696. The first kappa shape index (κ1) is 23.2. The van der Waals surface area contributed by atoms with E-state index in [1.807, 2.05) is 19.9 Å². The smallest absolute Gasteiger partial charge is 0.243 e. The Morgan fingerprint density at radius 1 is 1.03 bits per heavy atom. The van der Waals surface area contributed by atoms with Crippen LogP contribution in [0.5, 0.6) is 0 Å². The van der Waals surface area contributed by atoms with Gasteiger partial charge in [-0.05, 0) is 75.8 Å². The molecule has 2 aliphatic heterocycles. The first-order chi connectivity index (χ1) is 14.3. The maximum Gasteiger partial charge on any atom is 0.243 e. The summed E-state index contributed by atoms with van der Waals surface area (Å²) in [6, 6.07) is 5.54. The van der Waals surface area contributed by atoms with Crippen LogP contribution >= 0.6 is 0 Å². The summed E-state index contributed by atoms with van der Waals surface area (Å²) in [6.07, 6.45) is 5.65. The minimum atomic E-state index is -3.50. The fourth-order valence-corrected chi connectivity index (χ4v) is 5.94. The summed E-state index contributed by atoms with van der Waals surface area (Å²) in [5, 5.41) is 3.23. The molecule has 0 spiro atoms. The Hall–Kier alpha value is -1.44. The third kappa shape index (κ3) is 5.62. The number of hydrogen-bond acceptors (Lipinski definition) is 4. The summed E-state index contributed by atoms with van der Waals surface area (Å²) in [4.78, 5) is 15.6. The summed E-state index contributed by atoms with van der Waals surface area (Å²) in [7, 11) is -3.50. The van der Waals surface area contributed by atoms with E-state index in [2.05, 4.69) is 17.1 Å². The molecular weight excluding hydrogens is 398 g/mol. The Balaban J connectivity index is 1.48. The molecule has 0 atom stereocenters. The second-order valence-corrected chi connectivity index (χ2v) is 10.8. The SMILES string of the molecule is CCCCN1CCC(NC(=O)C2CCN(S(=O)(=O)c3ccc(C)c(C)c3)CC2)CC1. The molecule has 0 radical (unpaired) electrons. The van der Waals surface area contributed by atoms with Crippen LogP contribution in [0.2, 0.25) is 0 Å². The minimum Gasteiger partial charge on any atom is -0.353 e. The number of nitrogens with one attached hydrogen (secondary N) is 1. The van der Waals surface area contributed by atoms with Crippen LogP contribution in [-0.4, -0.2) is 62.3 Å². The van der Waals surface area contributed by atoms with Crippen LogP contribution in [0, 0.1) is 19.8 Å². The van der Waals surface area contributed by atoms with Crippen molar-refractivity contribution >= 4 is 15.9 Å². The Labute approximate surface area is 182 Å². The van der Waals surface area contributed by atoms with Crippen molar-refractivity contribution in [1.82, 2.24) is 14.5 Å². The van der Waals surface area contributed by atoms with E-state index in [0.29, 0.717) is 30.8 Å². The predicted octanol–water partition coefficient (Wildman–Crippen LogP) is 3.08. The van der Waals surface area contributed by atoms with Gasteiger partial charge >= 0.3 is 0 Å². The minimum absolute atomic E-state index is 0.0886. The molecule has 2 heterocycles. The zero-order chi connectivity index (χ0) is 21.7. The molecule has 168 valence electrons. The number of sulfonamides is 1. The molecule has 2 aliphatic rings. The molecule has 30 heavy (non-hydrogen) atoms. The first-order valence-electron chi connectivity index (χ1n) is 11.4. The number of benzene rings is 1. The summed E-state index contributed by atoms with van der Waals surface area (Å²) >= 11 is 0. The van der Waals surface area contributed by atoms with Gasteiger partial charge in [-0.25, -0.2) is 8.42 Å². The number of amides is 1. The van der Waals surface area contributed by atoms with Crippen molar-refractivity contribution < 1.29 is 13.2 Å². The lowest BCUT2D eigenvalue weighted by Crippen LogP contribution is -2.48. The average Bonchev–Trinajstić information content (AvgIpc) is 2.75. The van der Waals surface area contributed by atoms with Gasteiger partial charge in [0, 0.05) is 38.1 Å². The van der Waals surface area contributed by atoms with E-state index in [1.54, 1.807) is 12.1 Å². The molecule has 0 aromatic heterocycles. The standard InChI is InChI=1S/C23H37N3O3S/c1-4-5-12-25-13-10-21(11-14-25)24-23(27)20-8-15-26(16-9-20)30(28,29)22-7-6-18(2)19(3)17-22/h6-7,17,20-21H,4-5,8-16H2,1-3H3,(H,24,27). The monoisotopic (exact) mass is 435 g/mol. The zero-order valence-corrected chi connectivity index (χ0v) is 19.5. The maximum atomic E-state index is 13.0. The number of carbonyl (C=O) groups excluding carboxylic acids is 1. The summed E-state index contributed by atoms with van der Waals surface area (Å²) < 4.78 is 27.5. The fourth-order valence-electron chi connectivity index (χ4n) is 4.38. The van der Waals surface area contributed by atoms with Crippen molar-refractivity contribution in [3.63, 3.8) is 0 Å². The second-order valence-electron chi connectivity index (χ2n) is 8.90. The second kappa shape index (κ2) is 10.2. The van der Waals surface area contributed by atoms with E-state index < -0.39 is 10.0 Å². The van der Waals surface area contributed by atoms with Gasteiger partial charge in [0.25, 0.3) is 0 Å². The van der Waals surface area contributed by atoms with E-state index in [-0.39, 0.29) is 17.9 Å². The van der Waals surface area contributed by atoms with Gasteiger partial charge < -0.3 is 10.2 Å². The van der Waals surface area contributed by atoms with Gasteiger partial charge in [-0.2, -0.15) is 4.31 Å². The maximum absolute atomic E-state index is 13.0. The molecule has 7 heteroatoms. The summed E-state index contributed by atoms with van der Waals surface area (Å²) in [6.45, 7) is 10.2. The van der Waals surface area contributed by atoms with Gasteiger partial charge in [-0.1, -0.05) is 19.4 Å². The van der Waals surface area contributed by atoms with Crippen LogP contribution in [0.25, 0.3) is 0 Å². The molecule has 1 N–H and O–H groups in total. The van der Waals surface area contributed by atoms with E-state index in [0.717, 1.165) is 43.6 Å². The molecule has 1 amide bonds. The van der Waals surface area contributed by atoms with Crippen LogP contribution in [0.4, 0.5) is 0 Å². The molecule has 2 saturated heterocycles. The highest BCUT2D eigenvalue weighted by molar-refractivity contribution is 7.89. The van der Waals surface area contributed by atoms with Gasteiger partial charge in [0.05, 0.1) is 4.90 Å². The number of hydrogen-bond donors (Lipinski definition) is 1.